The van der Waals surface area contributed by atoms with Gasteiger partial charge in [0.1, 0.15) is 5.58 Å². The molecule has 3 aromatic rings. The quantitative estimate of drug-likeness (QED) is 0.449. The summed E-state index contributed by atoms with van der Waals surface area (Å²) < 4.78 is 6.40. The Hall–Kier alpha value is -2.61. The summed E-state index contributed by atoms with van der Waals surface area (Å²) in [5.41, 5.74) is 2.52. The third kappa shape index (κ3) is 3.90. The third-order valence-electron chi connectivity index (χ3n) is 3.67. The van der Waals surface area contributed by atoms with Crippen LogP contribution in [-0.2, 0) is 4.79 Å². The van der Waals surface area contributed by atoms with Gasteiger partial charge >= 0.3 is 5.97 Å². The fourth-order valence-electron chi connectivity index (χ4n) is 2.47. The molecule has 0 saturated carbocycles. The van der Waals surface area contributed by atoms with Crippen molar-refractivity contribution in [2.45, 2.75) is 6.92 Å². The van der Waals surface area contributed by atoms with E-state index in [-0.39, 0.29) is 11.7 Å². The number of carboxylic acid groups (broad SMARTS) is 1. The fourth-order valence-corrected chi connectivity index (χ4v) is 3.04. The van der Waals surface area contributed by atoms with Gasteiger partial charge in [0.05, 0.1) is 0 Å². The Morgan fingerprint density at radius 1 is 1.20 bits per heavy atom. The zero-order chi connectivity index (χ0) is 18.0. The molecule has 6 heteroatoms. The lowest BCUT2D eigenvalue weighted by molar-refractivity contribution is -0.111. The molecule has 126 valence electrons. The van der Waals surface area contributed by atoms with Gasteiger partial charge in [-0.05, 0) is 71.5 Å². The first-order valence-electron chi connectivity index (χ1n) is 7.45. The lowest BCUT2D eigenvalue weighted by atomic mass is 10.1. The summed E-state index contributed by atoms with van der Waals surface area (Å²) >= 11 is 2.21. The van der Waals surface area contributed by atoms with E-state index in [2.05, 4.69) is 27.9 Å². The maximum atomic E-state index is 12.1. The Balaban J connectivity index is 1.79. The number of carbonyl (C=O) groups is 2. The predicted octanol–water partition coefficient (Wildman–Crippen LogP) is 4.70. The molecule has 0 saturated heterocycles. The highest BCUT2D eigenvalue weighted by Crippen LogP contribution is 2.28. The number of aryl methyl sites for hydroxylation is 1. The van der Waals surface area contributed by atoms with Crippen molar-refractivity contribution in [3.63, 3.8) is 0 Å². The van der Waals surface area contributed by atoms with Gasteiger partial charge in [-0.3, -0.25) is 4.79 Å². The molecule has 3 rings (SSSR count). The summed E-state index contributed by atoms with van der Waals surface area (Å²) in [5, 5.41) is 12.5. The van der Waals surface area contributed by atoms with Crippen LogP contribution in [0.4, 0.5) is 5.69 Å². The zero-order valence-corrected chi connectivity index (χ0v) is 15.4. The van der Waals surface area contributed by atoms with E-state index in [1.54, 1.807) is 31.2 Å². The largest absolute Gasteiger partial charge is 0.475 e. The second-order valence-electron chi connectivity index (χ2n) is 5.45. The Bertz CT molecular complexity index is 1000. The number of rotatable bonds is 4. The minimum absolute atomic E-state index is 0.0861. The number of benzene rings is 2. The van der Waals surface area contributed by atoms with E-state index in [0.717, 1.165) is 9.13 Å². The Morgan fingerprint density at radius 3 is 2.72 bits per heavy atom. The number of nitrogens with one attached hydrogen (secondary N) is 1. The van der Waals surface area contributed by atoms with Crippen LogP contribution < -0.4 is 5.32 Å². The molecule has 0 spiro atoms. The maximum absolute atomic E-state index is 12.1. The van der Waals surface area contributed by atoms with Crippen LogP contribution in [0.3, 0.4) is 0 Å². The number of halogens is 1. The molecule has 0 radical (unpaired) electrons. The fraction of sp³-hybridized carbons (Fsp3) is 0.0526. The zero-order valence-electron chi connectivity index (χ0n) is 13.2. The molecule has 1 aromatic heterocycles. The average molecular weight is 447 g/mol. The molecule has 0 fully saturated rings. The van der Waals surface area contributed by atoms with Crippen molar-refractivity contribution in [3.8, 4) is 0 Å². The van der Waals surface area contributed by atoms with Crippen molar-refractivity contribution in [1.82, 2.24) is 0 Å². The van der Waals surface area contributed by atoms with Crippen molar-refractivity contribution in [1.29, 1.82) is 0 Å². The maximum Gasteiger partial charge on any atom is 0.372 e. The van der Waals surface area contributed by atoms with Gasteiger partial charge < -0.3 is 14.8 Å². The third-order valence-corrected chi connectivity index (χ3v) is 4.34. The van der Waals surface area contributed by atoms with Crippen molar-refractivity contribution >= 4 is 57.2 Å². The molecular weight excluding hydrogens is 433 g/mol. The number of hydrogen-bond acceptors (Lipinski definition) is 3. The number of hydrogen-bond donors (Lipinski definition) is 2. The van der Waals surface area contributed by atoms with Crippen LogP contribution in [0.2, 0.25) is 0 Å². The van der Waals surface area contributed by atoms with Gasteiger partial charge in [-0.15, -0.1) is 0 Å². The summed E-state index contributed by atoms with van der Waals surface area (Å²) in [6, 6.07) is 12.8. The minimum Gasteiger partial charge on any atom is -0.475 e. The van der Waals surface area contributed by atoms with Gasteiger partial charge in [0.2, 0.25) is 11.7 Å². The Kier molecular flexibility index (Phi) is 4.89. The van der Waals surface area contributed by atoms with E-state index < -0.39 is 5.97 Å². The van der Waals surface area contributed by atoms with Crippen LogP contribution in [0.1, 0.15) is 21.7 Å². The monoisotopic (exact) mass is 447 g/mol. The van der Waals surface area contributed by atoms with Crippen molar-refractivity contribution in [2.75, 3.05) is 5.32 Å². The molecule has 0 bridgehead atoms. The highest BCUT2D eigenvalue weighted by Gasteiger charge is 2.16. The topological polar surface area (TPSA) is 79.5 Å². The predicted molar refractivity (Wildman–Crippen MR) is 105 cm³/mol. The molecule has 5 nitrogen and oxygen atoms in total. The Labute approximate surface area is 157 Å². The van der Waals surface area contributed by atoms with Crippen LogP contribution in [-0.4, -0.2) is 17.0 Å². The van der Waals surface area contributed by atoms with Crippen LogP contribution in [0, 0.1) is 10.5 Å². The number of carboxylic acids is 1. The molecule has 0 atom stereocenters. The first-order valence-corrected chi connectivity index (χ1v) is 8.53. The standard InChI is InChI=1S/C19H14INO4/c1-11-15-10-14(6-7-16(15)25-18(11)19(23)24)21-17(22)8-5-12-3-2-4-13(20)9-12/h2-10H,1H3,(H,21,22)(H,23,24). The summed E-state index contributed by atoms with van der Waals surface area (Å²) in [5.74, 6) is -1.46. The van der Waals surface area contributed by atoms with Crippen molar-refractivity contribution < 1.29 is 19.1 Å². The van der Waals surface area contributed by atoms with Gasteiger partial charge in [0.25, 0.3) is 0 Å². The average Bonchev–Trinajstić information content (AvgIpc) is 2.90. The van der Waals surface area contributed by atoms with E-state index in [1.807, 2.05) is 24.3 Å². The van der Waals surface area contributed by atoms with E-state index in [9.17, 15) is 9.59 Å². The number of carbonyl (C=O) groups excluding carboxylic acids is 1. The second-order valence-corrected chi connectivity index (χ2v) is 6.70. The van der Waals surface area contributed by atoms with Crippen molar-refractivity contribution in [2.24, 2.45) is 0 Å². The van der Waals surface area contributed by atoms with E-state index in [0.29, 0.717) is 22.2 Å². The first-order chi connectivity index (χ1) is 11.9. The lowest BCUT2D eigenvalue weighted by Gasteiger charge is -2.02. The molecule has 0 unspecified atom stereocenters. The highest BCUT2D eigenvalue weighted by atomic mass is 127. The van der Waals surface area contributed by atoms with Crippen LogP contribution in [0.25, 0.3) is 17.0 Å². The van der Waals surface area contributed by atoms with E-state index in [1.165, 1.54) is 6.08 Å². The van der Waals surface area contributed by atoms with Crippen LogP contribution in [0.15, 0.2) is 53.0 Å². The molecule has 0 aliphatic carbocycles. The van der Waals surface area contributed by atoms with E-state index >= 15 is 0 Å². The lowest BCUT2D eigenvalue weighted by Crippen LogP contribution is -2.07. The molecule has 0 aliphatic heterocycles. The number of amides is 1. The first kappa shape index (κ1) is 17.2. The number of anilines is 1. The molecule has 1 heterocycles. The summed E-state index contributed by atoms with van der Waals surface area (Å²) in [7, 11) is 0. The van der Waals surface area contributed by atoms with Gasteiger partial charge in [-0.2, -0.15) is 0 Å². The van der Waals surface area contributed by atoms with Crippen LogP contribution >= 0.6 is 22.6 Å². The summed E-state index contributed by atoms with van der Waals surface area (Å²) in [4.78, 5) is 23.2. The smallest absolute Gasteiger partial charge is 0.372 e. The number of furan rings is 1. The minimum atomic E-state index is -1.11. The normalized spacial score (nSPS) is 11.1. The molecule has 2 aromatic carbocycles. The molecule has 2 N–H and O–H groups in total. The van der Waals surface area contributed by atoms with E-state index in [4.69, 9.17) is 9.52 Å². The molecule has 25 heavy (non-hydrogen) atoms. The molecular formula is C19H14INO4. The number of aromatic carboxylic acids is 1. The summed E-state index contributed by atoms with van der Waals surface area (Å²) in [6.07, 6.45) is 3.20. The SMILES string of the molecule is Cc1c(C(=O)O)oc2ccc(NC(=O)C=Cc3cccc(I)c3)cc12. The van der Waals surface area contributed by atoms with Gasteiger partial charge in [-0.1, -0.05) is 12.1 Å². The number of fused-ring (bicyclic) bond motifs is 1. The molecule has 0 aliphatic rings. The van der Waals surface area contributed by atoms with Gasteiger partial charge in [0, 0.05) is 26.3 Å². The van der Waals surface area contributed by atoms with Gasteiger partial charge in [0.15, 0.2) is 0 Å². The second kappa shape index (κ2) is 7.10. The van der Waals surface area contributed by atoms with Gasteiger partial charge in [-0.25, -0.2) is 4.79 Å². The molecule has 1 amide bonds. The highest BCUT2D eigenvalue weighted by molar-refractivity contribution is 14.1. The van der Waals surface area contributed by atoms with Crippen LogP contribution in [0.5, 0.6) is 0 Å². The summed E-state index contributed by atoms with van der Waals surface area (Å²) in [6.45, 7) is 1.68. The Morgan fingerprint density at radius 2 is 2.00 bits per heavy atom. The van der Waals surface area contributed by atoms with Crippen molar-refractivity contribution in [3.05, 3.63) is 69.0 Å².